The number of benzene rings is 1. The molecule has 1 fully saturated rings. The van der Waals surface area contributed by atoms with Crippen molar-refractivity contribution in [2.75, 3.05) is 19.7 Å². The van der Waals surface area contributed by atoms with Gasteiger partial charge in [0.15, 0.2) is 0 Å². The molecule has 2 rings (SSSR count). The number of ether oxygens (including phenoxy) is 1. The number of esters is 1. The Hall–Kier alpha value is -1.35. The van der Waals surface area contributed by atoms with Crippen molar-refractivity contribution < 1.29 is 9.53 Å². The van der Waals surface area contributed by atoms with E-state index in [0.717, 1.165) is 38.8 Å². The van der Waals surface area contributed by atoms with E-state index >= 15 is 0 Å². The van der Waals surface area contributed by atoms with Crippen LogP contribution in [0.4, 0.5) is 0 Å². The Morgan fingerprint density at radius 2 is 2.17 bits per heavy atom. The maximum atomic E-state index is 11.7. The molecule has 0 amide bonds. The Morgan fingerprint density at radius 1 is 1.33 bits per heavy atom. The lowest BCUT2D eigenvalue weighted by molar-refractivity contribution is -0.149. The van der Waals surface area contributed by atoms with Gasteiger partial charge in [0.05, 0.1) is 12.5 Å². The molecule has 1 aliphatic rings. The minimum atomic E-state index is -0.0322. The van der Waals surface area contributed by atoms with Gasteiger partial charge in [0.2, 0.25) is 0 Å². The van der Waals surface area contributed by atoms with Crippen LogP contribution < -0.4 is 5.32 Å². The number of hydrogen-bond donors (Lipinski definition) is 1. The van der Waals surface area contributed by atoms with Crippen LogP contribution in [0.2, 0.25) is 0 Å². The second kappa shape index (κ2) is 7.17. The number of rotatable bonds is 5. The third-order valence-corrected chi connectivity index (χ3v) is 3.33. The summed E-state index contributed by atoms with van der Waals surface area (Å²) in [6.45, 7) is 2.33. The maximum absolute atomic E-state index is 11.7. The Morgan fingerprint density at radius 3 is 2.89 bits per heavy atom. The quantitative estimate of drug-likeness (QED) is 0.640. The number of nitrogens with one attached hydrogen (secondary N) is 1. The molecule has 1 N–H and O–H groups in total. The van der Waals surface area contributed by atoms with Gasteiger partial charge in [-0.3, -0.25) is 4.79 Å². The lowest BCUT2D eigenvalue weighted by Gasteiger charge is -2.21. The van der Waals surface area contributed by atoms with Gasteiger partial charge in [-0.25, -0.2) is 0 Å². The van der Waals surface area contributed by atoms with E-state index in [4.69, 9.17) is 4.74 Å². The zero-order valence-electron chi connectivity index (χ0n) is 10.7. The zero-order chi connectivity index (χ0) is 12.6. The highest BCUT2D eigenvalue weighted by molar-refractivity contribution is 5.72. The highest BCUT2D eigenvalue weighted by Crippen LogP contribution is 2.12. The molecule has 1 aromatic carbocycles. The fourth-order valence-electron chi connectivity index (χ4n) is 2.26. The third-order valence-electron chi connectivity index (χ3n) is 3.33. The summed E-state index contributed by atoms with van der Waals surface area (Å²) in [7, 11) is 0. The third kappa shape index (κ3) is 4.15. The summed E-state index contributed by atoms with van der Waals surface area (Å²) >= 11 is 0. The molecule has 18 heavy (non-hydrogen) atoms. The van der Waals surface area contributed by atoms with Gasteiger partial charge in [-0.2, -0.15) is 0 Å². The van der Waals surface area contributed by atoms with Gasteiger partial charge in [-0.1, -0.05) is 30.3 Å². The van der Waals surface area contributed by atoms with Crippen LogP contribution in [0.3, 0.4) is 0 Å². The molecule has 3 nitrogen and oxygen atoms in total. The summed E-state index contributed by atoms with van der Waals surface area (Å²) in [5.74, 6) is 0.0331. The van der Waals surface area contributed by atoms with Crippen LogP contribution in [0.5, 0.6) is 0 Å². The summed E-state index contributed by atoms with van der Waals surface area (Å²) in [5.41, 5.74) is 1.30. The Balaban J connectivity index is 1.61. The first kappa shape index (κ1) is 13.1. The average Bonchev–Trinajstić information content (AvgIpc) is 2.45. The predicted octanol–water partition coefficient (Wildman–Crippen LogP) is 2.16. The van der Waals surface area contributed by atoms with Gasteiger partial charge in [-0.15, -0.1) is 0 Å². The lowest BCUT2D eigenvalue weighted by Crippen LogP contribution is -2.35. The molecule has 1 heterocycles. The van der Waals surface area contributed by atoms with E-state index in [1.54, 1.807) is 0 Å². The van der Waals surface area contributed by atoms with Crippen molar-refractivity contribution >= 4 is 5.97 Å². The topological polar surface area (TPSA) is 38.3 Å². The van der Waals surface area contributed by atoms with Crippen molar-refractivity contribution in [3.05, 3.63) is 35.9 Å². The molecule has 1 atom stereocenters. The molecule has 0 saturated carbocycles. The van der Waals surface area contributed by atoms with E-state index in [-0.39, 0.29) is 11.9 Å². The summed E-state index contributed by atoms with van der Waals surface area (Å²) in [6.07, 6.45) is 3.90. The van der Waals surface area contributed by atoms with Gasteiger partial charge in [0, 0.05) is 6.54 Å². The molecule has 3 heteroatoms. The van der Waals surface area contributed by atoms with Gasteiger partial charge < -0.3 is 10.1 Å². The molecule has 0 radical (unpaired) electrons. The molecule has 0 spiro atoms. The lowest BCUT2D eigenvalue weighted by atomic mass is 10.0. The van der Waals surface area contributed by atoms with Gasteiger partial charge >= 0.3 is 5.97 Å². The molecule has 0 bridgehead atoms. The van der Waals surface area contributed by atoms with Crippen LogP contribution in [0.15, 0.2) is 30.3 Å². The number of carbonyl (C=O) groups is 1. The van der Waals surface area contributed by atoms with Crippen molar-refractivity contribution in [2.45, 2.75) is 25.7 Å². The largest absolute Gasteiger partial charge is 0.465 e. The second-order valence-corrected chi connectivity index (χ2v) is 4.80. The second-order valence-electron chi connectivity index (χ2n) is 4.80. The van der Waals surface area contributed by atoms with Crippen LogP contribution in [-0.2, 0) is 16.0 Å². The van der Waals surface area contributed by atoms with Crippen LogP contribution >= 0.6 is 0 Å². The van der Waals surface area contributed by atoms with Crippen molar-refractivity contribution in [1.29, 1.82) is 0 Å². The van der Waals surface area contributed by atoms with Crippen molar-refractivity contribution in [3.8, 4) is 0 Å². The molecule has 0 aliphatic carbocycles. The first-order chi connectivity index (χ1) is 8.86. The number of aryl methyl sites for hydroxylation is 1. The number of hydrogen-bond acceptors (Lipinski definition) is 3. The van der Waals surface area contributed by atoms with Crippen molar-refractivity contribution in [2.24, 2.45) is 5.92 Å². The minimum Gasteiger partial charge on any atom is -0.465 e. The molecule has 0 unspecified atom stereocenters. The number of carbonyl (C=O) groups excluding carboxylic acids is 1. The highest BCUT2D eigenvalue weighted by Gasteiger charge is 2.21. The molecule has 1 saturated heterocycles. The van der Waals surface area contributed by atoms with Gasteiger partial charge in [-0.05, 0) is 37.8 Å². The normalized spacial score (nSPS) is 19.4. The fraction of sp³-hybridized carbons (Fsp3) is 0.533. The summed E-state index contributed by atoms with van der Waals surface area (Å²) < 4.78 is 5.32. The summed E-state index contributed by atoms with van der Waals surface area (Å²) in [6, 6.07) is 10.3. The Bertz CT molecular complexity index is 358. The molecule has 1 aliphatic heterocycles. The van der Waals surface area contributed by atoms with E-state index in [1.165, 1.54) is 5.56 Å². The molecular formula is C15H21NO2. The van der Waals surface area contributed by atoms with E-state index < -0.39 is 0 Å². The van der Waals surface area contributed by atoms with E-state index in [0.29, 0.717) is 6.61 Å². The Kier molecular flexibility index (Phi) is 5.21. The van der Waals surface area contributed by atoms with Crippen molar-refractivity contribution in [1.82, 2.24) is 5.32 Å². The monoisotopic (exact) mass is 247 g/mol. The van der Waals surface area contributed by atoms with E-state index in [2.05, 4.69) is 17.4 Å². The SMILES string of the molecule is O=C(OCCCc1ccccc1)[C@@H]1CCCNC1. The Labute approximate surface area is 109 Å². The number of piperidine rings is 1. The first-order valence-corrected chi connectivity index (χ1v) is 6.77. The smallest absolute Gasteiger partial charge is 0.310 e. The molecular weight excluding hydrogens is 226 g/mol. The predicted molar refractivity (Wildman–Crippen MR) is 71.3 cm³/mol. The zero-order valence-corrected chi connectivity index (χ0v) is 10.7. The van der Waals surface area contributed by atoms with E-state index in [9.17, 15) is 4.79 Å². The van der Waals surface area contributed by atoms with E-state index in [1.807, 2.05) is 18.2 Å². The van der Waals surface area contributed by atoms with Crippen LogP contribution in [0.1, 0.15) is 24.8 Å². The highest BCUT2D eigenvalue weighted by atomic mass is 16.5. The van der Waals surface area contributed by atoms with Crippen LogP contribution in [-0.4, -0.2) is 25.7 Å². The van der Waals surface area contributed by atoms with Gasteiger partial charge in [0.25, 0.3) is 0 Å². The van der Waals surface area contributed by atoms with Crippen molar-refractivity contribution in [3.63, 3.8) is 0 Å². The first-order valence-electron chi connectivity index (χ1n) is 6.77. The standard InChI is InChI=1S/C15H21NO2/c17-15(14-9-4-10-16-12-14)18-11-5-8-13-6-2-1-3-7-13/h1-3,6-7,14,16H,4-5,8-12H2/t14-/m1/s1. The maximum Gasteiger partial charge on any atom is 0.310 e. The minimum absolute atomic E-state index is 0.0322. The van der Waals surface area contributed by atoms with Gasteiger partial charge in [0.1, 0.15) is 0 Å². The average molecular weight is 247 g/mol. The summed E-state index contributed by atoms with van der Waals surface area (Å²) in [4.78, 5) is 11.7. The molecule has 1 aromatic rings. The fourth-order valence-corrected chi connectivity index (χ4v) is 2.26. The summed E-state index contributed by atoms with van der Waals surface area (Å²) in [5, 5.41) is 3.23. The van der Waals surface area contributed by atoms with Crippen LogP contribution in [0.25, 0.3) is 0 Å². The molecule has 0 aromatic heterocycles. The molecule has 98 valence electrons. The van der Waals surface area contributed by atoms with Crippen LogP contribution in [0, 0.1) is 5.92 Å².